The summed E-state index contributed by atoms with van der Waals surface area (Å²) in [5.41, 5.74) is 1.51. The van der Waals surface area contributed by atoms with Gasteiger partial charge in [0, 0.05) is 23.8 Å². The summed E-state index contributed by atoms with van der Waals surface area (Å²) in [6.07, 6.45) is 0. The van der Waals surface area contributed by atoms with Gasteiger partial charge in [-0.3, -0.25) is 4.79 Å². The number of hydrogen-bond donors (Lipinski definition) is 1. The van der Waals surface area contributed by atoms with Crippen LogP contribution in [0.5, 0.6) is 5.75 Å². The van der Waals surface area contributed by atoms with E-state index in [1.54, 1.807) is 32.0 Å². The summed E-state index contributed by atoms with van der Waals surface area (Å²) in [7, 11) is -3.51. The zero-order valence-corrected chi connectivity index (χ0v) is 17.1. The summed E-state index contributed by atoms with van der Waals surface area (Å²) in [4.78, 5) is 12.2. The van der Waals surface area contributed by atoms with E-state index in [1.165, 1.54) is 28.6 Å². The Balaban J connectivity index is 1.97. The largest absolute Gasteiger partial charge is 0.484 e. The number of sulfonamides is 1. The lowest BCUT2D eigenvalue weighted by Gasteiger charge is -2.18. The summed E-state index contributed by atoms with van der Waals surface area (Å²) in [5.74, 6) is 0.0942. The van der Waals surface area contributed by atoms with Crippen molar-refractivity contribution in [1.82, 2.24) is 4.31 Å². The highest BCUT2D eigenvalue weighted by molar-refractivity contribution is 7.89. The molecule has 0 fully saturated rings. The highest BCUT2D eigenvalue weighted by Gasteiger charge is 2.21. The van der Waals surface area contributed by atoms with Crippen LogP contribution in [0, 0.1) is 6.92 Å². The highest BCUT2D eigenvalue weighted by Crippen LogP contribution is 2.21. The minimum Gasteiger partial charge on any atom is -0.484 e. The van der Waals surface area contributed by atoms with Gasteiger partial charge in [-0.25, -0.2) is 8.42 Å². The van der Waals surface area contributed by atoms with Crippen molar-refractivity contribution < 1.29 is 17.9 Å². The lowest BCUT2D eigenvalue weighted by molar-refractivity contribution is -0.118. The van der Waals surface area contributed by atoms with Crippen molar-refractivity contribution >= 4 is 33.2 Å². The minimum absolute atomic E-state index is 0.190. The summed E-state index contributed by atoms with van der Waals surface area (Å²) in [6, 6.07) is 11.2. The lowest BCUT2D eigenvalue weighted by atomic mass is 10.2. The minimum atomic E-state index is -3.51. The fourth-order valence-electron chi connectivity index (χ4n) is 2.52. The molecule has 0 unspecified atom stereocenters. The summed E-state index contributed by atoms with van der Waals surface area (Å²) < 4.78 is 31.7. The van der Waals surface area contributed by atoms with Crippen LogP contribution in [0.15, 0.2) is 47.4 Å². The molecule has 6 nitrogen and oxygen atoms in total. The van der Waals surface area contributed by atoms with Crippen molar-refractivity contribution in [3.8, 4) is 5.75 Å². The number of amides is 1. The standard InChI is InChI=1S/C19H23ClN2O4S/c1-4-22(5-2)27(24,25)17-9-7-16(8-10-17)26-13-19(23)21-18-11-6-15(20)12-14(18)3/h6-12H,4-5,13H2,1-3H3,(H,21,23). The maximum absolute atomic E-state index is 12.4. The van der Waals surface area contributed by atoms with Crippen molar-refractivity contribution in [2.75, 3.05) is 25.0 Å². The van der Waals surface area contributed by atoms with Crippen LogP contribution < -0.4 is 10.1 Å². The zero-order chi connectivity index (χ0) is 20.0. The molecule has 0 aliphatic rings. The third-order valence-corrected chi connectivity index (χ3v) is 6.30. The molecule has 0 bridgehead atoms. The molecule has 0 saturated heterocycles. The molecule has 27 heavy (non-hydrogen) atoms. The Bertz CT molecular complexity index is 894. The molecule has 0 atom stereocenters. The molecule has 2 rings (SSSR count). The highest BCUT2D eigenvalue weighted by atomic mass is 35.5. The second-order valence-electron chi connectivity index (χ2n) is 5.86. The fourth-order valence-corrected chi connectivity index (χ4v) is 4.21. The number of halogens is 1. The third kappa shape index (κ3) is 5.45. The van der Waals surface area contributed by atoms with Gasteiger partial charge < -0.3 is 10.1 Å². The van der Waals surface area contributed by atoms with E-state index in [0.717, 1.165) is 5.56 Å². The number of rotatable bonds is 8. The predicted molar refractivity (Wildman–Crippen MR) is 107 cm³/mol. The zero-order valence-electron chi connectivity index (χ0n) is 15.5. The number of benzene rings is 2. The lowest BCUT2D eigenvalue weighted by Crippen LogP contribution is -2.30. The van der Waals surface area contributed by atoms with E-state index >= 15 is 0 Å². The van der Waals surface area contributed by atoms with E-state index in [9.17, 15) is 13.2 Å². The van der Waals surface area contributed by atoms with Crippen LogP contribution in [0.2, 0.25) is 5.02 Å². The van der Waals surface area contributed by atoms with Crippen molar-refractivity contribution in [2.24, 2.45) is 0 Å². The Morgan fingerprint density at radius 3 is 2.30 bits per heavy atom. The van der Waals surface area contributed by atoms with Gasteiger partial charge in [-0.05, 0) is 55.0 Å². The number of anilines is 1. The van der Waals surface area contributed by atoms with Crippen molar-refractivity contribution in [3.05, 3.63) is 53.1 Å². The van der Waals surface area contributed by atoms with E-state index in [-0.39, 0.29) is 17.4 Å². The summed E-state index contributed by atoms with van der Waals surface area (Å²) >= 11 is 5.89. The molecule has 146 valence electrons. The Labute approximate surface area is 165 Å². The third-order valence-electron chi connectivity index (χ3n) is 4.00. The maximum Gasteiger partial charge on any atom is 0.262 e. The number of aryl methyl sites for hydroxylation is 1. The van der Waals surface area contributed by atoms with E-state index in [2.05, 4.69) is 5.32 Å². The van der Waals surface area contributed by atoms with E-state index in [4.69, 9.17) is 16.3 Å². The molecule has 0 aliphatic carbocycles. The maximum atomic E-state index is 12.4. The fraction of sp³-hybridized carbons (Fsp3) is 0.316. The molecule has 1 amide bonds. The molecular formula is C19H23ClN2O4S. The first-order chi connectivity index (χ1) is 12.8. The Hall–Kier alpha value is -2.09. The van der Waals surface area contributed by atoms with Crippen LogP contribution in [0.1, 0.15) is 19.4 Å². The van der Waals surface area contributed by atoms with Crippen LogP contribution in [-0.4, -0.2) is 38.3 Å². The molecular weight excluding hydrogens is 388 g/mol. The monoisotopic (exact) mass is 410 g/mol. The van der Waals surface area contributed by atoms with Crippen LogP contribution in [0.3, 0.4) is 0 Å². The molecule has 0 saturated carbocycles. The molecule has 8 heteroatoms. The van der Waals surface area contributed by atoms with Gasteiger partial charge in [0.15, 0.2) is 6.61 Å². The summed E-state index contributed by atoms with van der Waals surface area (Å²) in [5, 5.41) is 3.35. The van der Waals surface area contributed by atoms with Crippen molar-refractivity contribution in [1.29, 1.82) is 0 Å². The van der Waals surface area contributed by atoms with Gasteiger partial charge in [0.25, 0.3) is 5.91 Å². The van der Waals surface area contributed by atoms with E-state index < -0.39 is 10.0 Å². The molecule has 0 heterocycles. The number of carbonyl (C=O) groups excluding carboxylic acids is 1. The van der Waals surface area contributed by atoms with Crippen LogP contribution in [0.25, 0.3) is 0 Å². The predicted octanol–water partition coefficient (Wildman–Crippen LogP) is 3.70. The first-order valence-corrected chi connectivity index (χ1v) is 10.4. The molecule has 0 spiro atoms. The van der Waals surface area contributed by atoms with E-state index in [1.807, 2.05) is 6.92 Å². The molecule has 0 radical (unpaired) electrons. The van der Waals surface area contributed by atoms with Crippen molar-refractivity contribution in [3.63, 3.8) is 0 Å². The molecule has 0 aliphatic heterocycles. The molecule has 2 aromatic carbocycles. The topological polar surface area (TPSA) is 75.7 Å². The van der Waals surface area contributed by atoms with Gasteiger partial charge in [-0.2, -0.15) is 4.31 Å². The molecule has 2 aromatic rings. The number of nitrogens with one attached hydrogen (secondary N) is 1. The van der Waals surface area contributed by atoms with Gasteiger partial charge in [-0.1, -0.05) is 25.4 Å². The van der Waals surface area contributed by atoms with Gasteiger partial charge >= 0.3 is 0 Å². The van der Waals surface area contributed by atoms with Gasteiger partial charge in [0.1, 0.15) is 5.75 Å². The van der Waals surface area contributed by atoms with Gasteiger partial charge in [0.2, 0.25) is 10.0 Å². The number of hydrogen-bond acceptors (Lipinski definition) is 4. The molecule has 1 N–H and O–H groups in total. The Morgan fingerprint density at radius 2 is 1.74 bits per heavy atom. The number of carbonyl (C=O) groups is 1. The van der Waals surface area contributed by atoms with Crippen LogP contribution in [-0.2, 0) is 14.8 Å². The second-order valence-corrected chi connectivity index (χ2v) is 8.23. The molecule has 0 aromatic heterocycles. The Kier molecular flexibility index (Phi) is 7.24. The van der Waals surface area contributed by atoms with E-state index in [0.29, 0.717) is 29.5 Å². The quantitative estimate of drug-likeness (QED) is 0.720. The first kappa shape index (κ1) is 21.2. The average Bonchev–Trinajstić information content (AvgIpc) is 2.63. The normalized spacial score (nSPS) is 11.4. The smallest absolute Gasteiger partial charge is 0.262 e. The second kappa shape index (κ2) is 9.21. The van der Waals surface area contributed by atoms with Crippen LogP contribution >= 0.6 is 11.6 Å². The number of ether oxygens (including phenoxy) is 1. The number of nitrogens with zero attached hydrogens (tertiary/aromatic N) is 1. The first-order valence-electron chi connectivity index (χ1n) is 8.57. The SMILES string of the molecule is CCN(CC)S(=O)(=O)c1ccc(OCC(=O)Nc2ccc(Cl)cc2C)cc1. The Morgan fingerprint density at radius 1 is 1.11 bits per heavy atom. The van der Waals surface area contributed by atoms with Crippen LogP contribution in [0.4, 0.5) is 5.69 Å². The summed E-state index contributed by atoms with van der Waals surface area (Å²) in [6.45, 7) is 6.05. The van der Waals surface area contributed by atoms with Crippen molar-refractivity contribution in [2.45, 2.75) is 25.7 Å². The van der Waals surface area contributed by atoms with Gasteiger partial charge in [-0.15, -0.1) is 0 Å². The van der Waals surface area contributed by atoms with Gasteiger partial charge in [0.05, 0.1) is 4.90 Å². The average molecular weight is 411 g/mol.